The van der Waals surface area contributed by atoms with Crippen LogP contribution in [0.1, 0.15) is 34.1 Å². The summed E-state index contributed by atoms with van der Waals surface area (Å²) in [6.07, 6.45) is -0.590. The third-order valence-corrected chi connectivity index (χ3v) is 2.19. The molecule has 0 saturated heterocycles. The summed E-state index contributed by atoms with van der Waals surface area (Å²) in [4.78, 5) is 23.6. The molecule has 5 nitrogen and oxygen atoms in total. The fourth-order valence-electron chi connectivity index (χ4n) is 1.41. The lowest BCUT2D eigenvalue weighted by Gasteiger charge is -2.20. The summed E-state index contributed by atoms with van der Waals surface area (Å²) < 4.78 is 15.2. The fourth-order valence-corrected chi connectivity index (χ4v) is 1.41. The fraction of sp³-hybridized carbons (Fsp3) is 0.833. The van der Waals surface area contributed by atoms with Crippen LogP contribution in [0, 0.1) is 5.92 Å². The summed E-state index contributed by atoms with van der Waals surface area (Å²) in [5.41, 5.74) is 0. The lowest BCUT2D eigenvalue weighted by atomic mass is 10.0. The van der Waals surface area contributed by atoms with E-state index < -0.39 is 18.2 Å². The summed E-state index contributed by atoms with van der Waals surface area (Å²) in [5, 5.41) is 0. The molecular formula is C12H22O5. The summed E-state index contributed by atoms with van der Waals surface area (Å²) in [7, 11) is 0. The monoisotopic (exact) mass is 246 g/mol. The molecule has 0 bridgehead atoms. The molecule has 0 rings (SSSR count). The Kier molecular flexibility index (Phi) is 8.62. The maximum absolute atomic E-state index is 12.0. The summed E-state index contributed by atoms with van der Waals surface area (Å²) in [6.45, 7) is 7.98. The van der Waals surface area contributed by atoms with Gasteiger partial charge in [0.25, 0.3) is 0 Å². The van der Waals surface area contributed by atoms with Gasteiger partial charge in [0.05, 0.1) is 6.61 Å². The van der Waals surface area contributed by atoms with E-state index in [1.54, 1.807) is 27.7 Å². The van der Waals surface area contributed by atoms with Crippen LogP contribution in [0.25, 0.3) is 0 Å². The Balaban J connectivity index is 4.62. The highest BCUT2D eigenvalue weighted by atomic mass is 16.7. The molecule has 0 heterocycles. The highest BCUT2D eigenvalue weighted by molar-refractivity contribution is 6.00. The van der Waals surface area contributed by atoms with E-state index >= 15 is 0 Å². The van der Waals surface area contributed by atoms with Gasteiger partial charge in [-0.2, -0.15) is 0 Å². The van der Waals surface area contributed by atoms with Gasteiger partial charge in [-0.05, 0) is 27.2 Å². The second kappa shape index (κ2) is 9.13. The molecule has 1 unspecified atom stereocenters. The van der Waals surface area contributed by atoms with Gasteiger partial charge in [-0.25, -0.2) is 0 Å². The minimum atomic E-state index is -0.973. The van der Waals surface area contributed by atoms with Crippen molar-refractivity contribution in [3.63, 3.8) is 0 Å². The topological polar surface area (TPSA) is 61.8 Å². The zero-order valence-corrected chi connectivity index (χ0v) is 11.0. The van der Waals surface area contributed by atoms with Crippen LogP contribution in [0.15, 0.2) is 0 Å². The maximum Gasteiger partial charge on any atom is 0.316 e. The first-order chi connectivity index (χ1) is 8.12. The van der Waals surface area contributed by atoms with Gasteiger partial charge < -0.3 is 14.2 Å². The Morgan fingerprint density at radius 1 is 0.941 bits per heavy atom. The third kappa shape index (κ3) is 5.28. The second-order valence-electron chi connectivity index (χ2n) is 3.36. The normalized spacial score (nSPS) is 12.5. The van der Waals surface area contributed by atoms with Crippen molar-refractivity contribution in [1.29, 1.82) is 0 Å². The average molecular weight is 246 g/mol. The highest BCUT2D eigenvalue weighted by Gasteiger charge is 2.33. The van der Waals surface area contributed by atoms with Crippen molar-refractivity contribution in [2.45, 2.75) is 40.4 Å². The maximum atomic E-state index is 12.0. The molecule has 5 heteroatoms. The standard InChI is InChI=1S/C12H22O5/c1-5-9(11(14)15-6-2)10(13)12(16-7-3)17-8-4/h9,12H,5-8H2,1-4H3. The van der Waals surface area contributed by atoms with Crippen LogP contribution in [0.5, 0.6) is 0 Å². The van der Waals surface area contributed by atoms with E-state index in [0.717, 1.165) is 0 Å². The molecule has 1 atom stereocenters. The van der Waals surface area contributed by atoms with Gasteiger partial charge in [-0.3, -0.25) is 9.59 Å². The van der Waals surface area contributed by atoms with Crippen LogP contribution in [0.2, 0.25) is 0 Å². The smallest absolute Gasteiger partial charge is 0.316 e. The summed E-state index contributed by atoms with van der Waals surface area (Å²) in [5.74, 6) is -1.68. The number of carbonyl (C=O) groups excluding carboxylic acids is 2. The van der Waals surface area contributed by atoms with Crippen molar-refractivity contribution in [3.05, 3.63) is 0 Å². The first kappa shape index (κ1) is 16.1. The zero-order chi connectivity index (χ0) is 13.3. The van der Waals surface area contributed by atoms with Crippen LogP contribution in [0.4, 0.5) is 0 Å². The van der Waals surface area contributed by atoms with Gasteiger partial charge in [0.2, 0.25) is 12.1 Å². The third-order valence-electron chi connectivity index (χ3n) is 2.19. The van der Waals surface area contributed by atoms with Crippen LogP contribution >= 0.6 is 0 Å². The molecule has 0 amide bonds. The van der Waals surface area contributed by atoms with E-state index in [4.69, 9.17) is 14.2 Å². The number of Topliss-reactive ketones (excluding diaryl/α,β-unsaturated/α-hetero) is 1. The quantitative estimate of drug-likeness (QED) is 0.351. The van der Waals surface area contributed by atoms with Gasteiger partial charge in [0.15, 0.2) is 0 Å². The van der Waals surface area contributed by atoms with E-state index in [1.165, 1.54) is 0 Å². The van der Waals surface area contributed by atoms with Crippen molar-refractivity contribution in [3.8, 4) is 0 Å². The molecule has 0 aliphatic rings. The predicted octanol–water partition coefficient (Wildman–Crippen LogP) is 1.54. The van der Waals surface area contributed by atoms with Crippen LogP contribution < -0.4 is 0 Å². The van der Waals surface area contributed by atoms with Gasteiger partial charge in [0.1, 0.15) is 5.92 Å². The van der Waals surface area contributed by atoms with Gasteiger partial charge in [-0.1, -0.05) is 6.92 Å². The second-order valence-corrected chi connectivity index (χ2v) is 3.36. The Morgan fingerprint density at radius 3 is 1.82 bits per heavy atom. The first-order valence-corrected chi connectivity index (χ1v) is 6.05. The number of hydrogen-bond acceptors (Lipinski definition) is 5. The van der Waals surface area contributed by atoms with Gasteiger partial charge in [-0.15, -0.1) is 0 Å². The van der Waals surface area contributed by atoms with Crippen LogP contribution in [0.3, 0.4) is 0 Å². The molecule has 0 aromatic heterocycles. The van der Waals surface area contributed by atoms with Crippen molar-refractivity contribution in [2.24, 2.45) is 5.92 Å². The molecule has 0 fully saturated rings. The zero-order valence-electron chi connectivity index (χ0n) is 11.0. The molecule has 0 radical (unpaired) electrons. The molecule has 0 aliphatic carbocycles. The van der Waals surface area contributed by atoms with Crippen LogP contribution in [-0.2, 0) is 23.8 Å². The number of hydrogen-bond donors (Lipinski definition) is 0. The first-order valence-electron chi connectivity index (χ1n) is 6.05. The lowest BCUT2D eigenvalue weighted by Crippen LogP contribution is -2.37. The van der Waals surface area contributed by atoms with E-state index in [0.29, 0.717) is 19.6 Å². The number of ether oxygens (including phenoxy) is 3. The summed E-state index contributed by atoms with van der Waals surface area (Å²) in [6, 6.07) is 0. The lowest BCUT2D eigenvalue weighted by molar-refractivity contribution is -0.177. The minimum absolute atomic E-state index is 0.260. The van der Waals surface area contributed by atoms with Crippen molar-refractivity contribution >= 4 is 11.8 Å². The van der Waals surface area contributed by atoms with Gasteiger partial charge >= 0.3 is 5.97 Å². The van der Waals surface area contributed by atoms with E-state index in [1.807, 2.05) is 0 Å². The molecule has 0 N–H and O–H groups in total. The van der Waals surface area contributed by atoms with Crippen molar-refractivity contribution in [2.75, 3.05) is 19.8 Å². The Hall–Kier alpha value is -0.940. The largest absolute Gasteiger partial charge is 0.465 e. The molecule has 0 aliphatic heterocycles. The Labute approximate surface area is 102 Å². The number of esters is 1. The van der Waals surface area contributed by atoms with Crippen LogP contribution in [-0.4, -0.2) is 37.9 Å². The predicted molar refractivity (Wildman–Crippen MR) is 62.5 cm³/mol. The van der Waals surface area contributed by atoms with Gasteiger partial charge in [0, 0.05) is 13.2 Å². The molecule has 0 saturated carbocycles. The average Bonchev–Trinajstić information content (AvgIpc) is 2.30. The van der Waals surface area contributed by atoms with E-state index in [2.05, 4.69) is 0 Å². The van der Waals surface area contributed by atoms with Crippen molar-refractivity contribution in [1.82, 2.24) is 0 Å². The van der Waals surface area contributed by atoms with E-state index in [9.17, 15) is 9.59 Å². The molecule has 0 aromatic rings. The minimum Gasteiger partial charge on any atom is -0.465 e. The molecule has 100 valence electrons. The van der Waals surface area contributed by atoms with Crippen molar-refractivity contribution < 1.29 is 23.8 Å². The number of rotatable bonds is 9. The molecule has 0 aromatic carbocycles. The highest BCUT2D eigenvalue weighted by Crippen LogP contribution is 2.12. The molecular weight excluding hydrogens is 224 g/mol. The SMILES string of the molecule is CCOC(=O)C(CC)C(=O)C(OCC)OCC. The summed E-state index contributed by atoms with van der Waals surface area (Å²) >= 11 is 0. The Bertz CT molecular complexity index is 233. The molecule has 0 spiro atoms. The number of ketones is 1. The van der Waals surface area contributed by atoms with E-state index in [-0.39, 0.29) is 12.4 Å². The Morgan fingerprint density at radius 2 is 1.47 bits per heavy atom. The molecule has 17 heavy (non-hydrogen) atoms. The number of carbonyl (C=O) groups is 2.